The van der Waals surface area contributed by atoms with E-state index in [1.807, 2.05) is 0 Å². The molecular formula is C13H11ClF2N4O2. The van der Waals surface area contributed by atoms with Gasteiger partial charge in [0.05, 0.1) is 30.2 Å². The van der Waals surface area contributed by atoms with Crippen LogP contribution in [0.4, 0.5) is 14.6 Å². The molecule has 1 N–H and O–H groups in total. The average molecular weight is 329 g/mol. The van der Waals surface area contributed by atoms with Gasteiger partial charge in [-0.3, -0.25) is 0 Å². The van der Waals surface area contributed by atoms with Crippen molar-refractivity contribution >= 4 is 28.3 Å². The predicted octanol–water partition coefficient (Wildman–Crippen LogP) is 1.28. The number of aromatic amines is 1. The SMILES string of the molecule is O=c1nc(N2CCOC[C@H]3C2[C@@H]3F)c2cnc(Cl)c(F)c2[nH]1. The van der Waals surface area contributed by atoms with E-state index < -0.39 is 23.7 Å². The van der Waals surface area contributed by atoms with Crippen molar-refractivity contribution < 1.29 is 13.5 Å². The van der Waals surface area contributed by atoms with E-state index in [4.69, 9.17) is 16.3 Å². The van der Waals surface area contributed by atoms with Crippen LogP contribution in [0.1, 0.15) is 0 Å². The Balaban J connectivity index is 1.91. The highest BCUT2D eigenvalue weighted by molar-refractivity contribution is 6.30. The smallest absolute Gasteiger partial charge is 0.347 e. The second kappa shape index (κ2) is 4.85. The molecule has 1 aliphatic heterocycles. The summed E-state index contributed by atoms with van der Waals surface area (Å²) in [5.41, 5.74) is -0.797. The number of anilines is 1. The Kier molecular flexibility index (Phi) is 3.05. The van der Waals surface area contributed by atoms with Crippen molar-refractivity contribution in [3.63, 3.8) is 0 Å². The first-order chi connectivity index (χ1) is 10.6. The van der Waals surface area contributed by atoms with Gasteiger partial charge in [0.25, 0.3) is 0 Å². The molecule has 4 rings (SSSR count). The fraction of sp³-hybridized carbons (Fsp3) is 0.462. The lowest BCUT2D eigenvalue weighted by molar-refractivity contribution is 0.131. The fourth-order valence-corrected chi connectivity index (χ4v) is 3.10. The summed E-state index contributed by atoms with van der Waals surface area (Å²) in [5.74, 6) is -0.860. The van der Waals surface area contributed by atoms with Crippen molar-refractivity contribution in [2.45, 2.75) is 12.2 Å². The number of pyridine rings is 1. The zero-order valence-electron chi connectivity index (χ0n) is 11.2. The molecule has 1 unspecified atom stereocenters. The van der Waals surface area contributed by atoms with Gasteiger partial charge in [-0.05, 0) is 0 Å². The molecule has 3 atom stereocenters. The van der Waals surface area contributed by atoms with Crippen LogP contribution in [-0.4, -0.2) is 46.9 Å². The maximum absolute atomic E-state index is 14.1. The van der Waals surface area contributed by atoms with E-state index in [1.165, 1.54) is 6.20 Å². The van der Waals surface area contributed by atoms with Crippen LogP contribution >= 0.6 is 11.6 Å². The Bertz CT molecular complexity index is 814. The molecule has 9 heteroatoms. The lowest BCUT2D eigenvalue weighted by Gasteiger charge is -2.23. The topological polar surface area (TPSA) is 71.1 Å². The number of hydrogen-bond donors (Lipinski definition) is 1. The van der Waals surface area contributed by atoms with E-state index in [2.05, 4.69) is 15.0 Å². The molecule has 0 bridgehead atoms. The summed E-state index contributed by atoms with van der Waals surface area (Å²) in [4.78, 5) is 23.4. The Morgan fingerprint density at radius 1 is 1.50 bits per heavy atom. The van der Waals surface area contributed by atoms with Gasteiger partial charge in [0.2, 0.25) is 0 Å². The second-order valence-corrected chi connectivity index (χ2v) is 5.74. The van der Waals surface area contributed by atoms with Gasteiger partial charge in [-0.1, -0.05) is 11.6 Å². The molecule has 6 nitrogen and oxygen atoms in total. The van der Waals surface area contributed by atoms with Crippen molar-refractivity contribution in [1.82, 2.24) is 15.0 Å². The van der Waals surface area contributed by atoms with Crippen molar-refractivity contribution in [3.05, 3.63) is 27.7 Å². The lowest BCUT2D eigenvalue weighted by atomic mass is 10.2. The van der Waals surface area contributed by atoms with Crippen LogP contribution in [0.15, 0.2) is 11.0 Å². The quantitative estimate of drug-likeness (QED) is 0.799. The van der Waals surface area contributed by atoms with Gasteiger partial charge < -0.3 is 14.6 Å². The van der Waals surface area contributed by atoms with Gasteiger partial charge in [-0.2, -0.15) is 4.98 Å². The second-order valence-electron chi connectivity index (χ2n) is 5.38. The van der Waals surface area contributed by atoms with E-state index >= 15 is 0 Å². The van der Waals surface area contributed by atoms with Crippen LogP contribution < -0.4 is 10.6 Å². The number of hydrogen-bond acceptors (Lipinski definition) is 5. The van der Waals surface area contributed by atoms with E-state index in [0.717, 1.165) is 0 Å². The van der Waals surface area contributed by atoms with Crippen LogP contribution in [0.25, 0.3) is 10.9 Å². The molecule has 0 radical (unpaired) electrons. The minimum absolute atomic E-state index is 0.0761. The molecule has 1 aliphatic carbocycles. The Morgan fingerprint density at radius 3 is 3.14 bits per heavy atom. The third-order valence-electron chi connectivity index (χ3n) is 4.11. The van der Waals surface area contributed by atoms with Crippen LogP contribution in [0.2, 0.25) is 5.15 Å². The van der Waals surface area contributed by atoms with Gasteiger partial charge in [0, 0.05) is 18.7 Å². The third kappa shape index (κ3) is 1.98. The highest BCUT2D eigenvalue weighted by atomic mass is 35.5. The molecule has 0 aromatic carbocycles. The summed E-state index contributed by atoms with van der Waals surface area (Å²) < 4.78 is 33.3. The number of nitrogens with one attached hydrogen (secondary N) is 1. The molecule has 1 saturated carbocycles. The molecule has 2 fully saturated rings. The molecule has 2 aromatic rings. The number of H-pyrrole nitrogens is 1. The van der Waals surface area contributed by atoms with E-state index in [-0.39, 0.29) is 22.4 Å². The normalized spacial score (nSPS) is 27.6. The number of ether oxygens (including phenoxy) is 1. The number of nitrogens with zero attached hydrogens (tertiary/aromatic N) is 3. The minimum Gasteiger partial charge on any atom is -0.379 e. The Labute approximate surface area is 128 Å². The molecule has 2 aromatic heterocycles. The molecule has 0 spiro atoms. The molecule has 116 valence electrons. The minimum atomic E-state index is -1.04. The summed E-state index contributed by atoms with van der Waals surface area (Å²) in [6.45, 7) is 1.10. The maximum Gasteiger partial charge on any atom is 0.347 e. The Hall–Kier alpha value is -1.80. The molecular weight excluding hydrogens is 318 g/mol. The summed E-state index contributed by atoms with van der Waals surface area (Å²) in [6.07, 6.45) is 0.289. The first kappa shape index (κ1) is 13.8. The highest BCUT2D eigenvalue weighted by Gasteiger charge is 2.56. The van der Waals surface area contributed by atoms with E-state index in [9.17, 15) is 13.6 Å². The van der Waals surface area contributed by atoms with Crippen LogP contribution in [0, 0.1) is 11.7 Å². The van der Waals surface area contributed by atoms with Gasteiger partial charge in [-0.15, -0.1) is 0 Å². The van der Waals surface area contributed by atoms with Gasteiger partial charge in [0.15, 0.2) is 11.0 Å². The van der Waals surface area contributed by atoms with Crippen LogP contribution in [0.3, 0.4) is 0 Å². The first-order valence-electron chi connectivity index (χ1n) is 6.80. The monoisotopic (exact) mass is 328 g/mol. The van der Waals surface area contributed by atoms with Gasteiger partial charge >= 0.3 is 5.69 Å². The van der Waals surface area contributed by atoms with E-state index in [1.54, 1.807) is 4.90 Å². The maximum atomic E-state index is 14.1. The van der Waals surface area contributed by atoms with Crippen molar-refractivity contribution in [1.29, 1.82) is 0 Å². The molecule has 1 saturated heterocycles. The zero-order chi connectivity index (χ0) is 15.4. The van der Waals surface area contributed by atoms with Gasteiger partial charge in [-0.25, -0.2) is 18.6 Å². The largest absolute Gasteiger partial charge is 0.379 e. The predicted molar refractivity (Wildman–Crippen MR) is 75.5 cm³/mol. The number of rotatable bonds is 1. The third-order valence-corrected chi connectivity index (χ3v) is 4.37. The first-order valence-corrected chi connectivity index (χ1v) is 7.18. The average Bonchev–Trinajstić information content (AvgIpc) is 3.18. The standard InChI is InChI=1S/C13H11ClF2N4O2/c14-11-8(16)9-5(3-17-11)12(19-13(21)18-9)20-1-2-22-4-6-7(15)10(6)20/h3,6-7,10H,1-2,4H2,(H,18,19,21)/t6-,7-,10?/m1/s1. The molecule has 3 heterocycles. The summed E-state index contributed by atoms with van der Waals surface area (Å²) in [7, 11) is 0. The van der Waals surface area contributed by atoms with Gasteiger partial charge in [0.1, 0.15) is 12.0 Å². The van der Waals surface area contributed by atoms with Crippen molar-refractivity contribution in [2.75, 3.05) is 24.7 Å². The van der Waals surface area contributed by atoms with Crippen LogP contribution in [0.5, 0.6) is 0 Å². The fourth-order valence-electron chi connectivity index (χ4n) is 2.95. The van der Waals surface area contributed by atoms with Crippen LogP contribution in [-0.2, 0) is 4.74 Å². The Morgan fingerprint density at radius 2 is 2.32 bits per heavy atom. The molecule has 2 aliphatic rings. The number of fused-ring (bicyclic) bond motifs is 2. The summed E-state index contributed by atoms with van der Waals surface area (Å²) in [5, 5.41) is -0.0478. The lowest BCUT2D eigenvalue weighted by Crippen LogP contribution is -2.33. The number of halogens is 3. The van der Waals surface area contributed by atoms with Crippen molar-refractivity contribution in [2.24, 2.45) is 5.92 Å². The zero-order valence-corrected chi connectivity index (χ0v) is 12.0. The number of alkyl halides is 1. The summed E-state index contributed by atoms with van der Waals surface area (Å²) >= 11 is 5.64. The van der Waals surface area contributed by atoms with E-state index in [0.29, 0.717) is 25.1 Å². The molecule has 22 heavy (non-hydrogen) atoms. The molecule has 0 amide bonds. The number of aromatic nitrogens is 3. The highest BCUT2D eigenvalue weighted by Crippen LogP contribution is 2.43. The van der Waals surface area contributed by atoms with Crippen molar-refractivity contribution in [3.8, 4) is 0 Å². The summed E-state index contributed by atoms with van der Waals surface area (Å²) in [6, 6.07) is -0.404.